The Morgan fingerprint density at radius 3 is 2.53 bits per heavy atom. The topological polar surface area (TPSA) is 84.7 Å². The van der Waals surface area contributed by atoms with Gasteiger partial charge in [-0.3, -0.25) is 0 Å². The van der Waals surface area contributed by atoms with E-state index in [1.165, 1.54) is 4.31 Å². The van der Waals surface area contributed by atoms with E-state index in [1.807, 2.05) is 0 Å². The second-order valence-corrected chi connectivity index (χ2v) is 4.79. The Balaban J connectivity index is 4.32. The highest BCUT2D eigenvalue weighted by atomic mass is 32.2. The van der Waals surface area contributed by atoms with Gasteiger partial charge in [-0.2, -0.15) is 12.7 Å². The van der Waals surface area contributed by atoms with Crippen molar-refractivity contribution in [2.24, 2.45) is 5.73 Å². The average Bonchev–Trinajstić information content (AvgIpc) is 2.17. The van der Waals surface area contributed by atoms with Crippen molar-refractivity contribution in [3.63, 3.8) is 0 Å². The van der Waals surface area contributed by atoms with Gasteiger partial charge in [0.2, 0.25) is 0 Å². The van der Waals surface area contributed by atoms with Crippen molar-refractivity contribution in [2.75, 3.05) is 39.9 Å². The number of rotatable bonds is 9. The number of hydrogen-bond acceptors (Lipinski definition) is 4. The third-order valence-electron chi connectivity index (χ3n) is 1.82. The summed E-state index contributed by atoms with van der Waals surface area (Å²) in [5.41, 5.74) is 5.35. The molecule has 0 bridgehead atoms. The highest BCUT2D eigenvalue weighted by Gasteiger charge is 2.19. The fourth-order valence-electron chi connectivity index (χ4n) is 1.09. The van der Waals surface area contributed by atoms with Crippen molar-refractivity contribution in [3.8, 4) is 0 Å². The summed E-state index contributed by atoms with van der Waals surface area (Å²) in [5, 5.41) is 0. The first-order chi connectivity index (χ1) is 7.08. The Morgan fingerprint density at radius 2 is 2.07 bits per heavy atom. The van der Waals surface area contributed by atoms with Crippen LogP contribution in [0, 0.1) is 0 Å². The zero-order chi connectivity index (χ0) is 11.7. The molecule has 0 saturated heterocycles. The third-order valence-corrected chi connectivity index (χ3v) is 3.52. The molecule has 3 N–H and O–H groups in total. The molecule has 0 aromatic heterocycles. The molecule has 92 valence electrons. The standard InChI is InChI=1S/C8H21N3O3S/c1-3-10-15(12,13)11(6-4-5-9)7-8-14-2/h10H,3-9H2,1-2H3. The van der Waals surface area contributed by atoms with Crippen molar-refractivity contribution in [3.05, 3.63) is 0 Å². The molecule has 0 atom stereocenters. The lowest BCUT2D eigenvalue weighted by Crippen LogP contribution is -2.43. The molecule has 0 aliphatic rings. The molecule has 0 unspecified atom stereocenters. The van der Waals surface area contributed by atoms with E-state index in [2.05, 4.69) is 4.72 Å². The van der Waals surface area contributed by atoms with Gasteiger partial charge in [0.15, 0.2) is 0 Å². The van der Waals surface area contributed by atoms with Crippen LogP contribution in [0.25, 0.3) is 0 Å². The first-order valence-electron chi connectivity index (χ1n) is 5.02. The van der Waals surface area contributed by atoms with Crippen LogP contribution in [-0.4, -0.2) is 52.6 Å². The first kappa shape index (κ1) is 14.8. The van der Waals surface area contributed by atoms with E-state index in [0.29, 0.717) is 39.2 Å². The summed E-state index contributed by atoms with van der Waals surface area (Å²) in [4.78, 5) is 0. The Bertz CT molecular complexity index is 236. The molecule has 0 spiro atoms. The molecule has 0 radical (unpaired) electrons. The van der Waals surface area contributed by atoms with Gasteiger partial charge in [0.05, 0.1) is 6.61 Å². The summed E-state index contributed by atoms with van der Waals surface area (Å²) in [6.07, 6.45) is 0.647. The van der Waals surface area contributed by atoms with E-state index in [9.17, 15) is 8.42 Å². The number of ether oxygens (including phenoxy) is 1. The van der Waals surface area contributed by atoms with E-state index in [0.717, 1.165) is 0 Å². The van der Waals surface area contributed by atoms with Gasteiger partial charge < -0.3 is 10.5 Å². The molecule has 0 saturated carbocycles. The molecule has 6 nitrogen and oxygen atoms in total. The maximum atomic E-state index is 11.7. The van der Waals surface area contributed by atoms with E-state index >= 15 is 0 Å². The van der Waals surface area contributed by atoms with Crippen LogP contribution in [0.15, 0.2) is 0 Å². The lowest BCUT2D eigenvalue weighted by Gasteiger charge is -2.21. The van der Waals surface area contributed by atoms with Crippen LogP contribution in [-0.2, 0) is 14.9 Å². The van der Waals surface area contributed by atoms with Crippen LogP contribution >= 0.6 is 0 Å². The Hall–Kier alpha value is -0.210. The largest absolute Gasteiger partial charge is 0.383 e. The second-order valence-electron chi connectivity index (χ2n) is 3.04. The van der Waals surface area contributed by atoms with E-state index in [1.54, 1.807) is 14.0 Å². The van der Waals surface area contributed by atoms with Crippen LogP contribution in [0.3, 0.4) is 0 Å². The molecule has 0 aliphatic carbocycles. The number of methoxy groups -OCH3 is 1. The van der Waals surface area contributed by atoms with Gasteiger partial charge in [-0.05, 0) is 13.0 Å². The number of nitrogens with two attached hydrogens (primary N) is 1. The minimum atomic E-state index is -3.37. The van der Waals surface area contributed by atoms with Crippen LogP contribution in [0.2, 0.25) is 0 Å². The van der Waals surface area contributed by atoms with Crippen molar-refractivity contribution in [1.29, 1.82) is 0 Å². The number of nitrogens with one attached hydrogen (secondary N) is 1. The van der Waals surface area contributed by atoms with Gasteiger partial charge in [-0.25, -0.2) is 4.72 Å². The zero-order valence-corrected chi connectivity index (χ0v) is 10.2. The summed E-state index contributed by atoms with van der Waals surface area (Å²) in [6, 6.07) is 0. The number of hydrogen-bond donors (Lipinski definition) is 2. The van der Waals surface area contributed by atoms with Crippen LogP contribution in [0.1, 0.15) is 13.3 Å². The van der Waals surface area contributed by atoms with Gasteiger partial charge in [0.1, 0.15) is 0 Å². The summed E-state index contributed by atoms with van der Waals surface area (Å²) in [6.45, 7) is 3.77. The SMILES string of the molecule is CCNS(=O)(=O)N(CCCN)CCOC. The fourth-order valence-corrected chi connectivity index (χ4v) is 2.32. The van der Waals surface area contributed by atoms with Gasteiger partial charge in [-0.15, -0.1) is 0 Å². The van der Waals surface area contributed by atoms with Crippen molar-refractivity contribution in [2.45, 2.75) is 13.3 Å². The molecule has 0 rings (SSSR count). The van der Waals surface area contributed by atoms with E-state index in [4.69, 9.17) is 10.5 Å². The second kappa shape index (κ2) is 8.00. The Kier molecular flexibility index (Phi) is 7.89. The summed E-state index contributed by atoms with van der Waals surface area (Å²) in [7, 11) is -1.83. The van der Waals surface area contributed by atoms with Crippen LogP contribution in [0.4, 0.5) is 0 Å². The lowest BCUT2D eigenvalue weighted by atomic mass is 10.4. The van der Waals surface area contributed by atoms with Gasteiger partial charge in [-0.1, -0.05) is 6.92 Å². The maximum absolute atomic E-state index is 11.7. The molecular weight excluding hydrogens is 218 g/mol. The van der Waals surface area contributed by atoms with Crippen molar-refractivity contribution < 1.29 is 13.2 Å². The van der Waals surface area contributed by atoms with Crippen molar-refractivity contribution >= 4 is 10.2 Å². The maximum Gasteiger partial charge on any atom is 0.279 e. The molecule has 7 heteroatoms. The molecule has 0 heterocycles. The predicted octanol–water partition coefficient (Wildman–Crippen LogP) is -0.862. The summed E-state index contributed by atoms with van der Waals surface area (Å²) < 4.78 is 32.0. The minimum absolute atomic E-state index is 0.353. The molecular formula is C8H21N3O3S. The molecule has 15 heavy (non-hydrogen) atoms. The molecule has 0 amide bonds. The first-order valence-corrected chi connectivity index (χ1v) is 6.46. The van der Waals surface area contributed by atoms with Crippen LogP contribution in [0.5, 0.6) is 0 Å². The third kappa shape index (κ3) is 6.06. The summed E-state index contributed by atoms with van der Waals surface area (Å²) in [5.74, 6) is 0. The smallest absolute Gasteiger partial charge is 0.279 e. The lowest BCUT2D eigenvalue weighted by molar-refractivity contribution is 0.178. The monoisotopic (exact) mass is 239 g/mol. The molecule has 0 aromatic carbocycles. The van der Waals surface area contributed by atoms with Gasteiger partial charge in [0, 0.05) is 26.7 Å². The Morgan fingerprint density at radius 1 is 1.40 bits per heavy atom. The minimum Gasteiger partial charge on any atom is -0.383 e. The predicted molar refractivity (Wildman–Crippen MR) is 59.7 cm³/mol. The van der Waals surface area contributed by atoms with Gasteiger partial charge >= 0.3 is 0 Å². The van der Waals surface area contributed by atoms with Gasteiger partial charge in [0.25, 0.3) is 10.2 Å². The fraction of sp³-hybridized carbons (Fsp3) is 1.00. The van der Waals surface area contributed by atoms with E-state index in [-0.39, 0.29) is 0 Å². The zero-order valence-electron chi connectivity index (χ0n) is 9.40. The van der Waals surface area contributed by atoms with E-state index < -0.39 is 10.2 Å². The molecule has 0 aromatic rings. The summed E-state index contributed by atoms with van der Waals surface area (Å²) >= 11 is 0. The average molecular weight is 239 g/mol. The normalized spacial score (nSPS) is 12.3. The van der Waals surface area contributed by atoms with Crippen molar-refractivity contribution in [1.82, 2.24) is 9.03 Å². The highest BCUT2D eigenvalue weighted by molar-refractivity contribution is 7.87. The Labute approximate surface area is 92.0 Å². The number of nitrogens with zero attached hydrogens (tertiary/aromatic N) is 1. The van der Waals surface area contributed by atoms with Crippen LogP contribution < -0.4 is 10.5 Å². The molecule has 0 fully saturated rings. The highest BCUT2D eigenvalue weighted by Crippen LogP contribution is 1.99. The molecule has 0 aliphatic heterocycles. The quantitative estimate of drug-likeness (QED) is 0.548.